The van der Waals surface area contributed by atoms with Crippen molar-refractivity contribution in [1.82, 2.24) is 4.90 Å². The van der Waals surface area contributed by atoms with Crippen molar-refractivity contribution in [3.8, 4) is 17.2 Å². The van der Waals surface area contributed by atoms with E-state index in [0.29, 0.717) is 79.1 Å². The number of carbonyl (C=O) groups is 2. The van der Waals surface area contributed by atoms with Gasteiger partial charge in [0.1, 0.15) is 25.6 Å². The summed E-state index contributed by atoms with van der Waals surface area (Å²) in [5.41, 5.74) is 2.16. The maximum atomic E-state index is 13.1. The van der Waals surface area contributed by atoms with Crippen LogP contribution in [0.1, 0.15) is 39.1 Å². The van der Waals surface area contributed by atoms with Crippen LogP contribution in [0.2, 0.25) is 5.02 Å². The highest BCUT2D eigenvalue weighted by molar-refractivity contribution is 6.30. The fourth-order valence-electron chi connectivity index (χ4n) is 4.47. The van der Waals surface area contributed by atoms with E-state index in [1.807, 2.05) is 41.3 Å². The van der Waals surface area contributed by atoms with Gasteiger partial charge in [-0.15, -0.1) is 0 Å². The minimum Gasteiger partial charge on any atom is -0.489 e. The number of carbonyl (C=O) groups excluding carboxylic acids is 2. The molecule has 6 nitrogen and oxygen atoms in total. The molecule has 1 saturated heterocycles. The molecule has 2 aliphatic rings. The Morgan fingerprint density at radius 2 is 1.66 bits per heavy atom. The first-order valence-electron chi connectivity index (χ1n) is 11.8. The normalized spacial score (nSPS) is 15.5. The SMILES string of the molecule is O=C(c1ccc2c(c1)OCCO2)C1CCN(C(=O)c2cccc(OCc3cccc(Cl)c3)c2)CC1. The molecule has 2 aliphatic heterocycles. The molecule has 0 aromatic heterocycles. The Labute approximate surface area is 209 Å². The lowest BCUT2D eigenvalue weighted by Gasteiger charge is -2.31. The largest absolute Gasteiger partial charge is 0.489 e. The highest BCUT2D eigenvalue weighted by Crippen LogP contribution is 2.33. The van der Waals surface area contributed by atoms with Gasteiger partial charge in [-0.1, -0.05) is 29.8 Å². The van der Waals surface area contributed by atoms with Gasteiger partial charge in [-0.2, -0.15) is 0 Å². The number of piperidine rings is 1. The number of hydrogen-bond donors (Lipinski definition) is 0. The summed E-state index contributed by atoms with van der Waals surface area (Å²) in [4.78, 5) is 28.0. The minimum atomic E-state index is -0.117. The van der Waals surface area contributed by atoms with E-state index in [2.05, 4.69) is 0 Å². The summed E-state index contributed by atoms with van der Waals surface area (Å²) in [6.45, 7) is 2.44. The van der Waals surface area contributed by atoms with Crippen molar-refractivity contribution in [3.05, 3.63) is 88.4 Å². The summed E-state index contributed by atoms with van der Waals surface area (Å²) in [6.07, 6.45) is 1.26. The zero-order valence-electron chi connectivity index (χ0n) is 19.2. The molecule has 0 bridgehead atoms. The number of Topliss-reactive ketones (excluding diaryl/α,β-unsaturated/α-hetero) is 1. The Hall–Kier alpha value is -3.51. The van der Waals surface area contributed by atoms with Crippen LogP contribution < -0.4 is 14.2 Å². The number of hydrogen-bond acceptors (Lipinski definition) is 5. The van der Waals surface area contributed by atoms with Gasteiger partial charge in [0, 0.05) is 35.2 Å². The minimum absolute atomic E-state index is 0.0524. The van der Waals surface area contributed by atoms with E-state index < -0.39 is 0 Å². The molecule has 3 aromatic carbocycles. The van der Waals surface area contributed by atoms with Gasteiger partial charge in [0.2, 0.25) is 0 Å². The van der Waals surface area contributed by atoms with E-state index in [1.54, 1.807) is 30.3 Å². The van der Waals surface area contributed by atoms with Crippen molar-refractivity contribution >= 4 is 23.3 Å². The topological polar surface area (TPSA) is 65.1 Å². The predicted octanol–water partition coefficient (Wildman–Crippen LogP) is 5.43. The number of fused-ring (bicyclic) bond motifs is 1. The Morgan fingerprint density at radius 3 is 2.46 bits per heavy atom. The van der Waals surface area contributed by atoms with Crippen molar-refractivity contribution in [2.75, 3.05) is 26.3 Å². The van der Waals surface area contributed by atoms with Crippen LogP contribution in [0.5, 0.6) is 17.2 Å². The maximum Gasteiger partial charge on any atom is 0.253 e. The summed E-state index contributed by atoms with van der Waals surface area (Å²) in [6, 6.07) is 20.1. The first-order valence-corrected chi connectivity index (χ1v) is 12.1. The standard InChI is InChI=1S/C28H26ClNO5/c29-23-5-1-3-19(15-23)18-35-24-6-2-4-22(16-24)28(32)30-11-9-20(10-12-30)27(31)21-7-8-25-26(17-21)34-14-13-33-25/h1-8,15-17,20H,9-14,18H2. The lowest BCUT2D eigenvalue weighted by atomic mass is 9.88. The number of benzene rings is 3. The third-order valence-electron chi connectivity index (χ3n) is 6.36. The van der Waals surface area contributed by atoms with Crippen LogP contribution in [-0.4, -0.2) is 42.9 Å². The molecule has 5 rings (SSSR count). The second-order valence-electron chi connectivity index (χ2n) is 8.74. The molecule has 3 aromatic rings. The lowest BCUT2D eigenvalue weighted by molar-refractivity contribution is 0.0650. The average molecular weight is 492 g/mol. The fourth-order valence-corrected chi connectivity index (χ4v) is 4.68. The highest BCUT2D eigenvalue weighted by atomic mass is 35.5. The Bertz CT molecular complexity index is 1240. The van der Waals surface area contributed by atoms with Gasteiger partial charge in [-0.05, 0) is 66.9 Å². The molecule has 2 heterocycles. The highest BCUT2D eigenvalue weighted by Gasteiger charge is 2.29. The molecule has 0 unspecified atom stereocenters. The molecular weight excluding hydrogens is 466 g/mol. The van der Waals surface area contributed by atoms with Crippen LogP contribution in [0, 0.1) is 5.92 Å². The molecule has 0 spiro atoms. The summed E-state index contributed by atoms with van der Waals surface area (Å²) < 4.78 is 17.0. The molecule has 35 heavy (non-hydrogen) atoms. The Kier molecular flexibility index (Phi) is 6.91. The van der Waals surface area contributed by atoms with Gasteiger partial charge in [0.25, 0.3) is 5.91 Å². The van der Waals surface area contributed by atoms with E-state index in [-0.39, 0.29) is 17.6 Å². The van der Waals surface area contributed by atoms with Crippen molar-refractivity contribution in [3.63, 3.8) is 0 Å². The number of rotatable bonds is 6. The van der Waals surface area contributed by atoms with Crippen LogP contribution in [-0.2, 0) is 6.61 Å². The van der Waals surface area contributed by atoms with Gasteiger partial charge in [0.05, 0.1) is 0 Å². The number of halogens is 1. The van der Waals surface area contributed by atoms with Gasteiger partial charge in [0.15, 0.2) is 17.3 Å². The first kappa shape index (κ1) is 23.2. The van der Waals surface area contributed by atoms with Crippen LogP contribution in [0.25, 0.3) is 0 Å². The molecule has 0 aliphatic carbocycles. The predicted molar refractivity (Wildman–Crippen MR) is 133 cm³/mol. The molecule has 7 heteroatoms. The molecule has 0 N–H and O–H groups in total. The van der Waals surface area contributed by atoms with E-state index >= 15 is 0 Å². The third kappa shape index (κ3) is 5.43. The summed E-state index contributed by atoms with van der Waals surface area (Å²) in [5.74, 6) is 1.83. The lowest BCUT2D eigenvalue weighted by Crippen LogP contribution is -2.40. The maximum absolute atomic E-state index is 13.1. The van der Waals surface area contributed by atoms with Crippen molar-refractivity contribution in [2.45, 2.75) is 19.4 Å². The van der Waals surface area contributed by atoms with E-state index in [4.69, 9.17) is 25.8 Å². The van der Waals surface area contributed by atoms with E-state index in [1.165, 1.54) is 0 Å². The van der Waals surface area contributed by atoms with Gasteiger partial charge in [-0.25, -0.2) is 0 Å². The second-order valence-corrected chi connectivity index (χ2v) is 9.17. The molecular formula is C28H26ClNO5. The molecule has 0 saturated carbocycles. The van der Waals surface area contributed by atoms with Gasteiger partial charge < -0.3 is 19.1 Å². The molecule has 0 radical (unpaired) electrons. The van der Waals surface area contributed by atoms with Gasteiger partial charge in [-0.3, -0.25) is 9.59 Å². The van der Waals surface area contributed by atoms with Crippen molar-refractivity contribution in [1.29, 1.82) is 0 Å². The second kappa shape index (κ2) is 10.4. The third-order valence-corrected chi connectivity index (χ3v) is 6.59. The van der Waals surface area contributed by atoms with Crippen LogP contribution in [0.4, 0.5) is 0 Å². The number of amides is 1. The zero-order valence-corrected chi connectivity index (χ0v) is 20.0. The summed E-state index contributed by atoms with van der Waals surface area (Å²) >= 11 is 6.03. The average Bonchev–Trinajstić information content (AvgIpc) is 2.91. The van der Waals surface area contributed by atoms with Crippen LogP contribution in [0.15, 0.2) is 66.7 Å². The smallest absolute Gasteiger partial charge is 0.253 e. The monoisotopic (exact) mass is 491 g/mol. The zero-order chi connectivity index (χ0) is 24.2. The van der Waals surface area contributed by atoms with Crippen molar-refractivity contribution in [2.24, 2.45) is 5.92 Å². The quantitative estimate of drug-likeness (QED) is 0.430. The molecule has 0 atom stereocenters. The summed E-state index contributed by atoms with van der Waals surface area (Å²) in [5, 5.41) is 0.658. The van der Waals surface area contributed by atoms with E-state index in [0.717, 1.165) is 5.56 Å². The van der Waals surface area contributed by atoms with Crippen LogP contribution in [0.3, 0.4) is 0 Å². The van der Waals surface area contributed by atoms with Gasteiger partial charge >= 0.3 is 0 Å². The van der Waals surface area contributed by atoms with Crippen LogP contribution >= 0.6 is 11.6 Å². The first-order chi connectivity index (χ1) is 17.1. The molecule has 1 amide bonds. The van der Waals surface area contributed by atoms with E-state index in [9.17, 15) is 9.59 Å². The molecule has 180 valence electrons. The summed E-state index contributed by atoms with van der Waals surface area (Å²) in [7, 11) is 0. The number of ether oxygens (including phenoxy) is 3. The number of ketones is 1. The number of likely N-dealkylation sites (tertiary alicyclic amines) is 1. The molecule has 1 fully saturated rings. The fraction of sp³-hybridized carbons (Fsp3) is 0.286. The Balaban J connectivity index is 1.18. The van der Waals surface area contributed by atoms with Crippen molar-refractivity contribution < 1.29 is 23.8 Å². The number of nitrogens with zero attached hydrogens (tertiary/aromatic N) is 1. The Morgan fingerprint density at radius 1 is 0.886 bits per heavy atom.